The number of hydrogen-bond acceptors (Lipinski definition) is 2. The van der Waals surface area contributed by atoms with Gasteiger partial charge in [0.2, 0.25) is 0 Å². The van der Waals surface area contributed by atoms with Crippen LogP contribution in [-0.2, 0) is 0 Å². The standard InChI is InChI=1S/C21H20N2.C2H6/c1-14-3-4-18(13-15(14)2)21(16-5-9-19(22)10-6-16)17-7-11-20(23)12-8-17;1-2/h3-13,22H,23H2,1-2H3;1-2H3. The molecule has 0 heterocycles. The van der Waals surface area contributed by atoms with Crippen molar-refractivity contribution in [1.29, 1.82) is 5.41 Å². The Kier molecular flexibility index (Phi) is 6.13. The van der Waals surface area contributed by atoms with E-state index in [9.17, 15) is 0 Å². The van der Waals surface area contributed by atoms with Gasteiger partial charge in [-0.2, -0.15) is 0 Å². The molecule has 3 N–H and O–H groups in total. The van der Waals surface area contributed by atoms with E-state index in [1.165, 1.54) is 16.7 Å². The van der Waals surface area contributed by atoms with E-state index >= 15 is 0 Å². The molecular weight excluding hydrogens is 304 g/mol. The number of nitrogen functional groups attached to an aromatic ring is 1. The monoisotopic (exact) mass is 330 g/mol. The van der Waals surface area contributed by atoms with Crippen LogP contribution in [0.3, 0.4) is 0 Å². The Morgan fingerprint density at radius 2 is 1.32 bits per heavy atom. The number of benzene rings is 2. The van der Waals surface area contributed by atoms with Crippen molar-refractivity contribution in [3.63, 3.8) is 0 Å². The summed E-state index contributed by atoms with van der Waals surface area (Å²) in [6.45, 7) is 8.25. The Bertz CT molecular complexity index is 832. The van der Waals surface area contributed by atoms with Crippen molar-refractivity contribution < 1.29 is 0 Å². The van der Waals surface area contributed by atoms with Crippen molar-refractivity contribution in [3.05, 3.63) is 94.6 Å². The highest BCUT2D eigenvalue weighted by Gasteiger charge is 2.11. The maximum absolute atomic E-state index is 7.71. The highest BCUT2D eigenvalue weighted by Crippen LogP contribution is 2.31. The van der Waals surface area contributed by atoms with E-state index in [1.807, 2.05) is 50.3 Å². The number of rotatable bonds is 2. The summed E-state index contributed by atoms with van der Waals surface area (Å²) in [6.07, 6.45) is 7.66. The number of aryl methyl sites for hydroxylation is 2. The fourth-order valence-corrected chi connectivity index (χ4v) is 2.68. The first-order chi connectivity index (χ1) is 12.0. The maximum Gasteiger partial charge on any atom is 0.0540 e. The molecule has 0 amide bonds. The average Bonchev–Trinajstić information content (AvgIpc) is 2.63. The van der Waals surface area contributed by atoms with E-state index in [-0.39, 0.29) is 0 Å². The second-order valence-electron chi connectivity index (χ2n) is 5.87. The molecule has 0 saturated heterocycles. The van der Waals surface area contributed by atoms with E-state index in [0.29, 0.717) is 5.71 Å². The normalized spacial score (nSPS) is 12.6. The van der Waals surface area contributed by atoms with Crippen LogP contribution in [-0.4, -0.2) is 5.71 Å². The molecule has 2 aromatic rings. The highest BCUT2D eigenvalue weighted by atomic mass is 14.5. The van der Waals surface area contributed by atoms with Gasteiger partial charge in [0.25, 0.3) is 0 Å². The maximum atomic E-state index is 7.71. The molecule has 3 rings (SSSR count). The molecule has 0 atom stereocenters. The van der Waals surface area contributed by atoms with Gasteiger partial charge >= 0.3 is 0 Å². The quantitative estimate of drug-likeness (QED) is 0.666. The Labute approximate surface area is 150 Å². The van der Waals surface area contributed by atoms with Crippen LogP contribution in [0.2, 0.25) is 0 Å². The van der Waals surface area contributed by atoms with Gasteiger partial charge in [-0.25, -0.2) is 0 Å². The third kappa shape index (κ3) is 4.36. The van der Waals surface area contributed by atoms with Gasteiger partial charge in [-0.1, -0.05) is 56.3 Å². The second kappa shape index (κ2) is 8.29. The zero-order chi connectivity index (χ0) is 18.4. The Morgan fingerprint density at radius 1 is 0.760 bits per heavy atom. The van der Waals surface area contributed by atoms with Crippen molar-refractivity contribution >= 4 is 17.0 Å². The Balaban J connectivity index is 0.00000109. The summed E-state index contributed by atoms with van der Waals surface area (Å²) in [4.78, 5) is 0. The molecule has 0 unspecified atom stereocenters. The minimum absolute atomic E-state index is 0.519. The predicted molar refractivity (Wildman–Crippen MR) is 110 cm³/mol. The van der Waals surface area contributed by atoms with Gasteiger partial charge in [-0.3, -0.25) is 0 Å². The summed E-state index contributed by atoms with van der Waals surface area (Å²) < 4.78 is 0. The smallest absolute Gasteiger partial charge is 0.0540 e. The molecule has 0 spiro atoms. The van der Waals surface area contributed by atoms with Crippen LogP contribution in [0, 0.1) is 19.3 Å². The summed E-state index contributed by atoms with van der Waals surface area (Å²) in [5.41, 5.74) is 14.2. The summed E-state index contributed by atoms with van der Waals surface area (Å²) in [5, 5.41) is 7.71. The Morgan fingerprint density at radius 3 is 1.88 bits per heavy atom. The molecule has 0 bridgehead atoms. The van der Waals surface area contributed by atoms with Crippen LogP contribution < -0.4 is 5.73 Å². The lowest BCUT2D eigenvalue weighted by Crippen LogP contribution is -1.98. The van der Waals surface area contributed by atoms with Gasteiger partial charge in [-0.15, -0.1) is 0 Å². The zero-order valence-electron chi connectivity index (χ0n) is 15.4. The van der Waals surface area contributed by atoms with Crippen LogP contribution >= 0.6 is 0 Å². The van der Waals surface area contributed by atoms with Crippen LogP contribution in [0.5, 0.6) is 0 Å². The van der Waals surface area contributed by atoms with Crippen molar-refractivity contribution in [2.75, 3.05) is 5.73 Å². The van der Waals surface area contributed by atoms with E-state index in [2.05, 4.69) is 44.2 Å². The number of hydrogen-bond donors (Lipinski definition) is 2. The molecule has 25 heavy (non-hydrogen) atoms. The van der Waals surface area contributed by atoms with Crippen molar-refractivity contribution in [2.45, 2.75) is 27.7 Å². The minimum Gasteiger partial charge on any atom is -0.399 e. The fourth-order valence-electron chi connectivity index (χ4n) is 2.68. The molecule has 0 fully saturated rings. The lowest BCUT2D eigenvalue weighted by Gasteiger charge is -2.15. The average molecular weight is 330 g/mol. The lowest BCUT2D eigenvalue weighted by molar-refractivity contribution is 1.32. The fraction of sp³-hybridized carbons (Fsp3) is 0.174. The topological polar surface area (TPSA) is 49.9 Å². The van der Waals surface area contributed by atoms with Gasteiger partial charge in [0.15, 0.2) is 0 Å². The molecular formula is C23H26N2. The van der Waals surface area contributed by atoms with Gasteiger partial charge in [-0.05, 0) is 71.5 Å². The van der Waals surface area contributed by atoms with Crippen molar-refractivity contribution in [3.8, 4) is 0 Å². The molecule has 2 nitrogen and oxygen atoms in total. The second-order valence-corrected chi connectivity index (χ2v) is 5.87. The van der Waals surface area contributed by atoms with Gasteiger partial charge < -0.3 is 11.1 Å². The van der Waals surface area contributed by atoms with E-state index < -0.39 is 0 Å². The number of allylic oxidation sites excluding steroid dienone is 5. The summed E-state index contributed by atoms with van der Waals surface area (Å²) in [5.74, 6) is 0. The lowest BCUT2D eigenvalue weighted by atomic mass is 9.89. The number of anilines is 1. The number of nitrogens with two attached hydrogens (primary N) is 1. The molecule has 0 radical (unpaired) electrons. The van der Waals surface area contributed by atoms with Crippen LogP contribution in [0.15, 0.2) is 72.3 Å². The third-order valence-corrected chi connectivity index (χ3v) is 4.17. The van der Waals surface area contributed by atoms with Gasteiger partial charge in [0, 0.05) is 5.69 Å². The predicted octanol–water partition coefficient (Wildman–Crippen LogP) is 5.86. The van der Waals surface area contributed by atoms with Gasteiger partial charge in [0.1, 0.15) is 0 Å². The SMILES string of the molecule is CC.Cc1ccc(C(=C2C=CC(=N)C=C2)c2ccc(N)cc2)cc1C. The molecule has 0 saturated carbocycles. The molecule has 0 aromatic heterocycles. The molecule has 1 aliphatic carbocycles. The summed E-state index contributed by atoms with van der Waals surface area (Å²) >= 11 is 0. The third-order valence-electron chi connectivity index (χ3n) is 4.17. The summed E-state index contributed by atoms with van der Waals surface area (Å²) in [7, 11) is 0. The van der Waals surface area contributed by atoms with Crippen molar-refractivity contribution in [1.82, 2.24) is 0 Å². The van der Waals surface area contributed by atoms with Crippen LogP contribution in [0.25, 0.3) is 5.57 Å². The molecule has 0 aliphatic heterocycles. The molecule has 1 aliphatic rings. The van der Waals surface area contributed by atoms with E-state index in [0.717, 1.165) is 22.4 Å². The number of nitrogens with one attached hydrogen (secondary N) is 1. The Hall–Kier alpha value is -2.87. The first-order valence-electron chi connectivity index (χ1n) is 8.67. The molecule has 128 valence electrons. The first kappa shape index (κ1) is 18.5. The summed E-state index contributed by atoms with van der Waals surface area (Å²) in [6, 6.07) is 14.5. The largest absolute Gasteiger partial charge is 0.399 e. The van der Waals surface area contributed by atoms with Gasteiger partial charge in [0.05, 0.1) is 5.71 Å². The highest BCUT2D eigenvalue weighted by molar-refractivity contribution is 6.05. The van der Waals surface area contributed by atoms with Crippen LogP contribution in [0.4, 0.5) is 5.69 Å². The van der Waals surface area contributed by atoms with E-state index in [4.69, 9.17) is 11.1 Å². The molecule has 2 aromatic carbocycles. The molecule has 2 heteroatoms. The first-order valence-corrected chi connectivity index (χ1v) is 8.67. The van der Waals surface area contributed by atoms with E-state index in [1.54, 1.807) is 0 Å². The van der Waals surface area contributed by atoms with Crippen molar-refractivity contribution in [2.24, 2.45) is 0 Å². The van der Waals surface area contributed by atoms with Crippen LogP contribution in [0.1, 0.15) is 36.1 Å². The zero-order valence-corrected chi connectivity index (χ0v) is 15.4. The minimum atomic E-state index is 0.519.